The monoisotopic (exact) mass is 353 g/mol. The van der Waals surface area contributed by atoms with Crippen molar-refractivity contribution in [3.63, 3.8) is 0 Å². The average Bonchev–Trinajstić information content (AvgIpc) is 2.66. The number of carbonyl (C=O) groups excluding carboxylic acids is 2. The van der Waals surface area contributed by atoms with E-state index in [4.69, 9.17) is 4.74 Å². The highest BCUT2D eigenvalue weighted by atomic mass is 16.5. The minimum Gasteiger partial charge on any atom is -0.378 e. The van der Waals surface area contributed by atoms with Crippen LogP contribution in [0.15, 0.2) is 42.5 Å². The molecule has 2 amide bonds. The number of nitrogens with zero attached hydrogens (tertiary/aromatic N) is 1. The third kappa shape index (κ3) is 4.03. The molecule has 0 radical (unpaired) electrons. The van der Waals surface area contributed by atoms with Crippen LogP contribution in [-0.2, 0) is 14.3 Å². The molecular weight excluding hydrogens is 330 g/mol. The molecule has 26 heavy (non-hydrogen) atoms. The molecule has 1 saturated heterocycles. The number of hydrogen-bond donors (Lipinski definition) is 2. The van der Waals surface area contributed by atoms with Gasteiger partial charge in [0.2, 0.25) is 0 Å². The van der Waals surface area contributed by atoms with E-state index in [1.54, 1.807) is 12.1 Å². The van der Waals surface area contributed by atoms with E-state index in [2.05, 4.69) is 15.5 Å². The Labute approximate surface area is 153 Å². The van der Waals surface area contributed by atoms with Crippen molar-refractivity contribution in [1.82, 2.24) is 0 Å². The lowest BCUT2D eigenvalue weighted by molar-refractivity contribution is -0.132. The van der Waals surface area contributed by atoms with Gasteiger partial charge in [0, 0.05) is 18.8 Å². The molecule has 3 rings (SSSR count). The van der Waals surface area contributed by atoms with E-state index in [1.165, 1.54) is 0 Å². The molecule has 0 spiro atoms. The van der Waals surface area contributed by atoms with Gasteiger partial charge >= 0.3 is 11.8 Å². The molecule has 1 aliphatic heterocycles. The molecule has 136 valence electrons. The van der Waals surface area contributed by atoms with Gasteiger partial charge in [0.1, 0.15) is 0 Å². The number of rotatable bonds is 3. The second kappa shape index (κ2) is 8.01. The van der Waals surface area contributed by atoms with Crippen molar-refractivity contribution in [2.45, 2.75) is 13.8 Å². The number of benzene rings is 2. The summed E-state index contributed by atoms with van der Waals surface area (Å²) in [5.74, 6) is -1.37. The van der Waals surface area contributed by atoms with Crippen LogP contribution >= 0.6 is 0 Å². The fraction of sp³-hybridized carbons (Fsp3) is 0.300. The number of anilines is 3. The first-order valence-corrected chi connectivity index (χ1v) is 8.66. The standard InChI is InChI=1S/C20H23N3O3/c1-14-6-5-8-16(15(14)2)21-19(24)20(25)22-17-7-3-4-9-18(17)23-10-12-26-13-11-23/h3-9H,10-13H2,1-2H3,(H,21,24)(H,22,25). The van der Waals surface area contributed by atoms with Crippen molar-refractivity contribution < 1.29 is 14.3 Å². The van der Waals surface area contributed by atoms with Crippen molar-refractivity contribution in [2.75, 3.05) is 41.8 Å². The van der Waals surface area contributed by atoms with Gasteiger partial charge in [-0.05, 0) is 43.2 Å². The van der Waals surface area contributed by atoms with Crippen molar-refractivity contribution >= 4 is 28.9 Å². The van der Waals surface area contributed by atoms with Crippen LogP contribution < -0.4 is 15.5 Å². The average molecular weight is 353 g/mol. The number of hydrogen-bond acceptors (Lipinski definition) is 4. The SMILES string of the molecule is Cc1cccc(NC(=O)C(=O)Nc2ccccc2N2CCOCC2)c1C. The Kier molecular flexibility index (Phi) is 5.53. The Balaban J connectivity index is 1.71. The smallest absolute Gasteiger partial charge is 0.314 e. The summed E-state index contributed by atoms with van der Waals surface area (Å²) in [5, 5.41) is 5.41. The fourth-order valence-electron chi connectivity index (χ4n) is 2.90. The maximum absolute atomic E-state index is 12.4. The zero-order valence-electron chi connectivity index (χ0n) is 15.0. The topological polar surface area (TPSA) is 70.7 Å². The lowest BCUT2D eigenvalue weighted by Crippen LogP contribution is -2.37. The van der Waals surface area contributed by atoms with Gasteiger partial charge in [-0.15, -0.1) is 0 Å². The van der Waals surface area contributed by atoms with Gasteiger partial charge in [0.15, 0.2) is 0 Å². The Morgan fingerprint density at radius 3 is 2.23 bits per heavy atom. The summed E-state index contributed by atoms with van der Waals surface area (Å²) in [6.07, 6.45) is 0. The van der Waals surface area contributed by atoms with Crippen molar-refractivity contribution in [2.24, 2.45) is 0 Å². The maximum atomic E-state index is 12.4. The minimum absolute atomic E-state index is 0.621. The number of amides is 2. The largest absolute Gasteiger partial charge is 0.378 e. The summed E-state index contributed by atoms with van der Waals surface area (Å²) < 4.78 is 5.37. The van der Waals surface area contributed by atoms with E-state index in [0.29, 0.717) is 24.6 Å². The van der Waals surface area contributed by atoms with Crippen molar-refractivity contribution in [3.05, 3.63) is 53.6 Å². The third-order valence-electron chi connectivity index (χ3n) is 4.56. The molecule has 2 aromatic rings. The van der Waals surface area contributed by atoms with Crippen LogP contribution in [0.3, 0.4) is 0 Å². The molecule has 0 atom stereocenters. The maximum Gasteiger partial charge on any atom is 0.314 e. The van der Waals surface area contributed by atoms with E-state index >= 15 is 0 Å². The lowest BCUT2D eigenvalue weighted by atomic mass is 10.1. The number of carbonyl (C=O) groups is 2. The first-order valence-electron chi connectivity index (χ1n) is 8.66. The highest BCUT2D eigenvalue weighted by molar-refractivity contribution is 6.44. The van der Waals surface area contributed by atoms with Crippen LogP contribution in [0.4, 0.5) is 17.1 Å². The predicted molar refractivity (Wildman–Crippen MR) is 103 cm³/mol. The quantitative estimate of drug-likeness (QED) is 0.833. The summed E-state index contributed by atoms with van der Waals surface area (Å²) in [5.41, 5.74) is 4.16. The van der Waals surface area contributed by atoms with Gasteiger partial charge in [-0.3, -0.25) is 9.59 Å². The number of para-hydroxylation sites is 2. The molecule has 2 N–H and O–H groups in total. The van der Waals surface area contributed by atoms with Crippen LogP contribution in [0.1, 0.15) is 11.1 Å². The van der Waals surface area contributed by atoms with Crippen LogP contribution in [-0.4, -0.2) is 38.1 Å². The first kappa shape index (κ1) is 17.9. The number of aryl methyl sites for hydroxylation is 1. The normalized spacial score (nSPS) is 14.0. The highest BCUT2D eigenvalue weighted by Gasteiger charge is 2.19. The van der Waals surface area contributed by atoms with Crippen LogP contribution in [0.2, 0.25) is 0 Å². The molecule has 1 aliphatic rings. The summed E-state index contributed by atoms with van der Waals surface area (Å²) in [6, 6.07) is 13.1. The molecule has 1 fully saturated rings. The molecule has 1 heterocycles. The van der Waals surface area contributed by atoms with E-state index in [-0.39, 0.29) is 0 Å². The zero-order chi connectivity index (χ0) is 18.5. The minimum atomic E-state index is -0.688. The fourth-order valence-corrected chi connectivity index (χ4v) is 2.90. The molecular formula is C20H23N3O3. The van der Waals surface area contributed by atoms with Crippen molar-refractivity contribution in [3.8, 4) is 0 Å². The number of nitrogens with one attached hydrogen (secondary N) is 2. The van der Waals surface area contributed by atoms with Gasteiger partial charge < -0.3 is 20.3 Å². The van der Waals surface area contributed by atoms with E-state index < -0.39 is 11.8 Å². The zero-order valence-corrected chi connectivity index (χ0v) is 15.0. The van der Waals surface area contributed by atoms with E-state index in [1.807, 2.05) is 44.2 Å². The van der Waals surface area contributed by atoms with Gasteiger partial charge in [-0.2, -0.15) is 0 Å². The Bertz CT molecular complexity index is 814. The summed E-state index contributed by atoms with van der Waals surface area (Å²) in [6.45, 7) is 6.67. The Morgan fingerprint density at radius 1 is 0.885 bits per heavy atom. The van der Waals surface area contributed by atoms with Gasteiger partial charge in [0.05, 0.1) is 24.6 Å². The summed E-state index contributed by atoms with van der Waals surface area (Å²) in [7, 11) is 0. The predicted octanol–water partition coefficient (Wildman–Crippen LogP) is 2.72. The highest BCUT2D eigenvalue weighted by Crippen LogP contribution is 2.26. The molecule has 0 saturated carbocycles. The lowest BCUT2D eigenvalue weighted by Gasteiger charge is -2.30. The molecule has 2 aromatic carbocycles. The molecule has 0 aliphatic carbocycles. The second-order valence-electron chi connectivity index (χ2n) is 6.27. The van der Waals surface area contributed by atoms with Crippen LogP contribution in [0.5, 0.6) is 0 Å². The molecule has 0 aromatic heterocycles. The summed E-state index contributed by atoms with van der Waals surface area (Å²) in [4.78, 5) is 26.8. The molecule has 6 heteroatoms. The number of ether oxygens (including phenoxy) is 1. The Morgan fingerprint density at radius 2 is 1.50 bits per heavy atom. The third-order valence-corrected chi connectivity index (χ3v) is 4.56. The summed E-state index contributed by atoms with van der Waals surface area (Å²) >= 11 is 0. The molecule has 6 nitrogen and oxygen atoms in total. The van der Waals surface area contributed by atoms with E-state index in [9.17, 15) is 9.59 Å². The van der Waals surface area contributed by atoms with Crippen LogP contribution in [0, 0.1) is 13.8 Å². The Hall–Kier alpha value is -2.86. The van der Waals surface area contributed by atoms with Crippen LogP contribution in [0.25, 0.3) is 0 Å². The van der Waals surface area contributed by atoms with Crippen molar-refractivity contribution in [1.29, 1.82) is 0 Å². The van der Waals surface area contributed by atoms with E-state index in [0.717, 1.165) is 29.9 Å². The molecule has 0 bridgehead atoms. The first-order chi connectivity index (χ1) is 12.6. The second-order valence-corrected chi connectivity index (χ2v) is 6.27. The number of morpholine rings is 1. The van der Waals surface area contributed by atoms with Gasteiger partial charge in [0.25, 0.3) is 0 Å². The van der Waals surface area contributed by atoms with Gasteiger partial charge in [-0.25, -0.2) is 0 Å². The van der Waals surface area contributed by atoms with Gasteiger partial charge in [-0.1, -0.05) is 24.3 Å². The molecule has 0 unspecified atom stereocenters.